The van der Waals surface area contributed by atoms with Crippen molar-refractivity contribution in [1.29, 1.82) is 0 Å². The van der Waals surface area contributed by atoms with Crippen LogP contribution in [0.3, 0.4) is 0 Å². The van der Waals surface area contributed by atoms with Gasteiger partial charge in [-0.25, -0.2) is 0 Å². The van der Waals surface area contributed by atoms with Gasteiger partial charge in [-0.05, 0) is 54.7 Å². The minimum atomic E-state index is -4.70. The first-order valence-electron chi connectivity index (χ1n) is 9.99. The highest BCUT2D eigenvalue weighted by atomic mass is 35.5. The van der Waals surface area contributed by atoms with Crippen molar-refractivity contribution in [2.75, 3.05) is 11.9 Å². The van der Waals surface area contributed by atoms with Crippen molar-refractivity contribution in [2.45, 2.75) is 38.0 Å². The number of nitrogens with zero attached hydrogens (tertiary/aromatic N) is 3. The fraction of sp³-hybridized carbons (Fsp3) is 0.429. The molecule has 2 heterocycles. The van der Waals surface area contributed by atoms with E-state index in [1.165, 1.54) is 18.9 Å². The molecule has 9 heteroatoms. The summed E-state index contributed by atoms with van der Waals surface area (Å²) in [5.41, 5.74) is 1.96. The minimum absolute atomic E-state index is 0.0248. The largest absolute Gasteiger partial charge is 0.573 e. The minimum Gasteiger partial charge on any atom is -0.405 e. The van der Waals surface area contributed by atoms with E-state index in [-0.39, 0.29) is 17.6 Å². The van der Waals surface area contributed by atoms with Crippen molar-refractivity contribution in [3.63, 3.8) is 0 Å². The van der Waals surface area contributed by atoms with Crippen LogP contribution in [0.25, 0.3) is 5.65 Å². The van der Waals surface area contributed by atoms with Crippen molar-refractivity contribution in [3.8, 4) is 5.75 Å². The summed E-state index contributed by atoms with van der Waals surface area (Å²) >= 11 is 6.53. The van der Waals surface area contributed by atoms with Crippen molar-refractivity contribution in [3.05, 3.63) is 52.9 Å². The zero-order chi connectivity index (χ0) is 20.9. The number of hydrogen-bond donors (Lipinski definition) is 1. The van der Waals surface area contributed by atoms with Crippen LogP contribution in [0, 0.1) is 11.8 Å². The third-order valence-electron chi connectivity index (χ3n) is 5.78. The summed E-state index contributed by atoms with van der Waals surface area (Å²) in [5, 5.41) is 12.3. The summed E-state index contributed by atoms with van der Waals surface area (Å²) in [6, 6.07) is 8.23. The molecule has 30 heavy (non-hydrogen) atoms. The standard InChI is InChI=1S/C21H20ClF3N4O/c22-19-16(7-8-29-18(9-12-5-6-12)27-28-20(19)29)26-11-13-10-15(13)14-3-1-2-4-17(14)30-21(23,24)25/h1-4,7-8,12-13,15,26H,5-6,9-11H2/t13-,15+/m0/s1. The molecule has 0 amide bonds. The first-order valence-corrected chi connectivity index (χ1v) is 10.4. The van der Waals surface area contributed by atoms with Gasteiger partial charge in [-0.2, -0.15) is 0 Å². The molecule has 5 nitrogen and oxygen atoms in total. The predicted octanol–water partition coefficient (Wildman–Crippen LogP) is 5.45. The average molecular weight is 437 g/mol. The molecule has 0 aliphatic heterocycles. The fourth-order valence-corrected chi connectivity index (χ4v) is 4.19. The van der Waals surface area contributed by atoms with Gasteiger partial charge in [-0.15, -0.1) is 23.4 Å². The Hall–Kier alpha value is -2.48. The number of fused-ring (bicyclic) bond motifs is 1. The number of rotatable bonds is 7. The van der Waals surface area contributed by atoms with E-state index in [1.54, 1.807) is 18.2 Å². The van der Waals surface area contributed by atoms with Crippen molar-refractivity contribution < 1.29 is 17.9 Å². The van der Waals surface area contributed by atoms with Gasteiger partial charge in [0.25, 0.3) is 0 Å². The summed E-state index contributed by atoms with van der Waals surface area (Å²) in [6.45, 7) is 0.601. The second-order valence-electron chi connectivity index (χ2n) is 8.07. The predicted molar refractivity (Wildman–Crippen MR) is 107 cm³/mol. The third kappa shape index (κ3) is 4.05. The number of halogens is 4. The number of para-hydroxylation sites is 1. The lowest BCUT2D eigenvalue weighted by atomic mass is 10.1. The first-order chi connectivity index (χ1) is 14.4. The molecule has 2 fully saturated rings. The van der Waals surface area contributed by atoms with Crippen LogP contribution in [0.5, 0.6) is 5.75 Å². The molecule has 2 aromatic heterocycles. The summed E-state index contributed by atoms with van der Waals surface area (Å²) in [7, 11) is 0. The van der Waals surface area contributed by atoms with Crippen molar-refractivity contribution in [1.82, 2.24) is 14.6 Å². The molecule has 2 aliphatic carbocycles. The van der Waals surface area contributed by atoms with Gasteiger partial charge in [0.15, 0.2) is 5.65 Å². The zero-order valence-corrected chi connectivity index (χ0v) is 16.7. The molecule has 1 aromatic carbocycles. The Balaban J connectivity index is 1.26. The van der Waals surface area contributed by atoms with E-state index in [1.807, 2.05) is 16.7 Å². The second-order valence-corrected chi connectivity index (χ2v) is 8.45. The summed E-state index contributed by atoms with van der Waals surface area (Å²) in [4.78, 5) is 0. The number of pyridine rings is 1. The molecular weight excluding hydrogens is 417 g/mol. The molecule has 0 unspecified atom stereocenters. The lowest BCUT2D eigenvalue weighted by Crippen LogP contribution is -2.18. The molecule has 0 spiro atoms. The normalized spacial score (nSPS) is 21.1. The number of benzene rings is 1. The SMILES string of the molecule is FC(F)(F)Oc1ccccc1[C@@H]1C[C@H]1CNc1ccn2c(CC3CC3)nnc2c1Cl. The lowest BCUT2D eigenvalue weighted by molar-refractivity contribution is -0.274. The maximum absolute atomic E-state index is 12.7. The van der Waals surface area contributed by atoms with Crippen LogP contribution >= 0.6 is 11.6 Å². The van der Waals surface area contributed by atoms with E-state index in [0.717, 1.165) is 24.4 Å². The van der Waals surface area contributed by atoms with Gasteiger partial charge in [0, 0.05) is 19.2 Å². The molecule has 3 aromatic rings. The number of nitrogens with one attached hydrogen (secondary N) is 1. The van der Waals surface area contributed by atoms with Gasteiger partial charge >= 0.3 is 6.36 Å². The molecule has 0 saturated heterocycles. The number of anilines is 1. The quantitative estimate of drug-likeness (QED) is 0.535. The second kappa shape index (κ2) is 7.34. The molecular formula is C21H20ClF3N4O. The number of alkyl halides is 3. The van der Waals surface area contributed by atoms with Crippen LogP contribution in [-0.4, -0.2) is 27.5 Å². The summed E-state index contributed by atoms with van der Waals surface area (Å²) in [5.74, 6) is 1.73. The van der Waals surface area contributed by atoms with E-state index in [2.05, 4.69) is 20.3 Å². The lowest BCUT2D eigenvalue weighted by Gasteiger charge is -2.13. The van der Waals surface area contributed by atoms with E-state index in [0.29, 0.717) is 28.7 Å². The highest BCUT2D eigenvalue weighted by Gasteiger charge is 2.41. The summed E-state index contributed by atoms with van der Waals surface area (Å²) < 4.78 is 44.1. The highest BCUT2D eigenvalue weighted by molar-refractivity contribution is 6.36. The van der Waals surface area contributed by atoms with E-state index in [4.69, 9.17) is 11.6 Å². The number of aromatic nitrogens is 3. The molecule has 2 aliphatic rings. The van der Waals surface area contributed by atoms with Crippen LogP contribution in [0.1, 0.15) is 36.6 Å². The monoisotopic (exact) mass is 436 g/mol. The van der Waals surface area contributed by atoms with E-state index >= 15 is 0 Å². The Morgan fingerprint density at radius 3 is 2.73 bits per heavy atom. The maximum Gasteiger partial charge on any atom is 0.573 e. The maximum atomic E-state index is 12.7. The fourth-order valence-electron chi connectivity index (χ4n) is 3.93. The Morgan fingerprint density at radius 2 is 1.97 bits per heavy atom. The molecule has 2 saturated carbocycles. The van der Waals surface area contributed by atoms with Gasteiger partial charge in [-0.1, -0.05) is 29.8 Å². The van der Waals surface area contributed by atoms with Crippen LogP contribution in [0.15, 0.2) is 36.5 Å². The first kappa shape index (κ1) is 19.5. The van der Waals surface area contributed by atoms with E-state index in [9.17, 15) is 13.2 Å². The van der Waals surface area contributed by atoms with Gasteiger partial charge in [0.05, 0.1) is 5.69 Å². The average Bonchev–Trinajstić information content (AvgIpc) is 3.60. The number of ether oxygens (including phenoxy) is 1. The molecule has 2 atom stereocenters. The van der Waals surface area contributed by atoms with Crippen molar-refractivity contribution >= 4 is 22.9 Å². The zero-order valence-electron chi connectivity index (χ0n) is 16.0. The number of hydrogen-bond acceptors (Lipinski definition) is 4. The van der Waals surface area contributed by atoms with Crippen LogP contribution < -0.4 is 10.1 Å². The highest BCUT2D eigenvalue weighted by Crippen LogP contribution is 2.51. The molecule has 5 rings (SSSR count). The third-order valence-corrected chi connectivity index (χ3v) is 6.15. The smallest absolute Gasteiger partial charge is 0.405 e. The van der Waals surface area contributed by atoms with Gasteiger partial charge in [-0.3, -0.25) is 4.40 Å². The van der Waals surface area contributed by atoms with Crippen LogP contribution in [0.2, 0.25) is 5.02 Å². The van der Waals surface area contributed by atoms with E-state index < -0.39 is 6.36 Å². The Labute approximate surface area is 176 Å². The van der Waals surface area contributed by atoms with Crippen molar-refractivity contribution in [2.24, 2.45) is 11.8 Å². The molecule has 158 valence electrons. The molecule has 1 N–H and O–H groups in total. The molecule has 0 bridgehead atoms. The Morgan fingerprint density at radius 1 is 1.17 bits per heavy atom. The Kier molecular flexibility index (Phi) is 4.76. The van der Waals surface area contributed by atoms with Gasteiger partial charge in [0.1, 0.15) is 16.6 Å². The Bertz CT molecular complexity index is 1080. The van der Waals surface area contributed by atoms with Gasteiger partial charge < -0.3 is 10.1 Å². The molecule has 0 radical (unpaired) electrons. The topological polar surface area (TPSA) is 51.5 Å². The van der Waals surface area contributed by atoms with Gasteiger partial charge in [0.2, 0.25) is 0 Å². The summed E-state index contributed by atoms with van der Waals surface area (Å²) in [6.07, 6.45) is 1.40. The van der Waals surface area contributed by atoms with Crippen LogP contribution in [-0.2, 0) is 6.42 Å². The van der Waals surface area contributed by atoms with Crippen LogP contribution in [0.4, 0.5) is 18.9 Å².